The maximum Gasteiger partial charge on any atom is 0.330 e. The van der Waals surface area contributed by atoms with Crippen LogP contribution >= 0.6 is 0 Å². The summed E-state index contributed by atoms with van der Waals surface area (Å²) in [6.07, 6.45) is 2.02. The summed E-state index contributed by atoms with van der Waals surface area (Å²) in [6.45, 7) is 9.34. The highest BCUT2D eigenvalue weighted by atomic mass is 28.4. The number of hydrogen-bond donors (Lipinski definition) is 0. The van der Waals surface area contributed by atoms with Gasteiger partial charge in [-0.3, -0.25) is 0 Å². The third kappa shape index (κ3) is 8.64. The largest absolute Gasteiger partial charge is 0.463 e. The molecule has 0 heterocycles. The summed E-state index contributed by atoms with van der Waals surface area (Å²) in [4.78, 5) is 10.8. The molecule has 5 heteroatoms. The van der Waals surface area contributed by atoms with Crippen LogP contribution < -0.4 is 0 Å². The summed E-state index contributed by atoms with van der Waals surface area (Å²) in [5, 5.41) is 0. The van der Waals surface area contributed by atoms with Gasteiger partial charge in [0.25, 0.3) is 0 Å². The third-order valence-electron chi connectivity index (χ3n) is 2.11. The van der Waals surface area contributed by atoms with Crippen molar-refractivity contribution in [3.63, 3.8) is 0 Å². The molecular weight excluding hydrogens is 224 g/mol. The minimum Gasteiger partial charge on any atom is -0.463 e. The highest BCUT2D eigenvalue weighted by Crippen LogP contribution is 2.13. The van der Waals surface area contributed by atoms with Gasteiger partial charge in [0.2, 0.25) is 0 Å². The second-order valence-electron chi connectivity index (χ2n) is 4.08. The highest BCUT2D eigenvalue weighted by molar-refractivity contribution is 6.71. The van der Waals surface area contributed by atoms with Gasteiger partial charge in [-0.25, -0.2) is 4.79 Å². The van der Waals surface area contributed by atoms with Crippen molar-refractivity contribution in [3.05, 3.63) is 12.7 Å². The van der Waals surface area contributed by atoms with E-state index in [-0.39, 0.29) is 5.97 Å². The first kappa shape index (κ1) is 15.3. The molecule has 0 aliphatic heterocycles. The van der Waals surface area contributed by atoms with Crippen LogP contribution in [0.1, 0.15) is 6.42 Å². The van der Waals surface area contributed by atoms with Crippen LogP contribution in [0.3, 0.4) is 0 Å². The molecule has 0 aromatic carbocycles. The van der Waals surface area contributed by atoms with Crippen LogP contribution in [0.15, 0.2) is 12.7 Å². The average molecular weight is 246 g/mol. The van der Waals surface area contributed by atoms with Crippen LogP contribution in [-0.2, 0) is 18.7 Å². The summed E-state index contributed by atoms with van der Waals surface area (Å²) < 4.78 is 15.6. The predicted octanol–water partition coefficient (Wildman–Crippen LogP) is 1.97. The number of carbonyl (C=O) groups excluding carboxylic acids is 1. The molecule has 4 nitrogen and oxygen atoms in total. The lowest BCUT2D eigenvalue weighted by Crippen LogP contribution is -2.32. The lowest BCUT2D eigenvalue weighted by atomic mass is 10.5. The lowest BCUT2D eigenvalue weighted by Gasteiger charge is -2.22. The quantitative estimate of drug-likeness (QED) is 0.270. The smallest absolute Gasteiger partial charge is 0.330 e. The van der Waals surface area contributed by atoms with Crippen molar-refractivity contribution in [2.75, 3.05) is 26.9 Å². The number of carbonyl (C=O) groups is 1. The van der Waals surface area contributed by atoms with Gasteiger partial charge < -0.3 is 13.9 Å². The van der Waals surface area contributed by atoms with E-state index in [1.165, 1.54) is 6.08 Å². The van der Waals surface area contributed by atoms with Gasteiger partial charge in [0.05, 0.1) is 19.8 Å². The third-order valence-corrected chi connectivity index (χ3v) is 4.66. The van der Waals surface area contributed by atoms with E-state index >= 15 is 0 Å². The van der Waals surface area contributed by atoms with E-state index in [0.717, 1.165) is 12.5 Å². The number of ether oxygens (including phenoxy) is 2. The Labute approximate surface area is 98.7 Å². The standard InChI is InChI=1S/C11H22O4Si/c1-5-11(12)14-7-6-10-16(3,4)15-9-8-13-2/h5H,1,6-10H2,2-4H3. The van der Waals surface area contributed by atoms with Gasteiger partial charge in [0.15, 0.2) is 8.32 Å². The Kier molecular flexibility index (Phi) is 8.15. The van der Waals surface area contributed by atoms with Crippen LogP contribution in [0.25, 0.3) is 0 Å². The van der Waals surface area contributed by atoms with Crippen molar-refractivity contribution in [3.8, 4) is 0 Å². The first-order chi connectivity index (χ1) is 7.52. The van der Waals surface area contributed by atoms with Gasteiger partial charge in [0.1, 0.15) is 0 Å². The van der Waals surface area contributed by atoms with Crippen molar-refractivity contribution < 1.29 is 18.7 Å². The van der Waals surface area contributed by atoms with Crippen LogP contribution in [0.5, 0.6) is 0 Å². The minimum atomic E-state index is -1.62. The summed E-state index contributed by atoms with van der Waals surface area (Å²) in [5.74, 6) is -0.361. The van der Waals surface area contributed by atoms with Gasteiger partial charge in [-0.2, -0.15) is 0 Å². The Morgan fingerprint density at radius 2 is 2.00 bits per heavy atom. The van der Waals surface area contributed by atoms with Crippen molar-refractivity contribution in [1.82, 2.24) is 0 Å². The van der Waals surface area contributed by atoms with Crippen LogP contribution in [-0.4, -0.2) is 41.2 Å². The Morgan fingerprint density at radius 1 is 1.31 bits per heavy atom. The van der Waals surface area contributed by atoms with E-state index in [2.05, 4.69) is 19.7 Å². The fourth-order valence-electron chi connectivity index (χ4n) is 1.20. The maximum atomic E-state index is 10.8. The lowest BCUT2D eigenvalue weighted by molar-refractivity contribution is -0.137. The first-order valence-corrected chi connectivity index (χ1v) is 8.55. The second-order valence-corrected chi connectivity index (χ2v) is 8.38. The van der Waals surface area contributed by atoms with Crippen LogP contribution in [0, 0.1) is 0 Å². The summed E-state index contributed by atoms with van der Waals surface area (Å²) in [7, 11) is 0.0395. The topological polar surface area (TPSA) is 44.8 Å². The van der Waals surface area contributed by atoms with E-state index in [9.17, 15) is 4.79 Å². The zero-order valence-corrected chi connectivity index (χ0v) is 11.5. The molecule has 0 unspecified atom stereocenters. The molecule has 94 valence electrons. The monoisotopic (exact) mass is 246 g/mol. The van der Waals surface area contributed by atoms with Gasteiger partial charge in [0, 0.05) is 13.2 Å². The molecular formula is C11H22O4Si. The molecule has 0 aromatic heterocycles. The minimum absolute atomic E-state index is 0.361. The van der Waals surface area contributed by atoms with E-state index in [1.807, 2.05) is 0 Å². The number of rotatable bonds is 9. The normalized spacial score (nSPS) is 11.2. The molecule has 0 fully saturated rings. The molecule has 0 aromatic rings. The molecule has 0 aliphatic carbocycles. The van der Waals surface area contributed by atoms with Crippen molar-refractivity contribution in [1.29, 1.82) is 0 Å². The first-order valence-electron chi connectivity index (χ1n) is 5.44. The van der Waals surface area contributed by atoms with Crippen molar-refractivity contribution in [2.45, 2.75) is 25.6 Å². The van der Waals surface area contributed by atoms with Crippen molar-refractivity contribution in [2.24, 2.45) is 0 Å². The molecule has 0 bridgehead atoms. The highest BCUT2D eigenvalue weighted by Gasteiger charge is 2.21. The Bertz CT molecular complexity index is 216. The fourth-order valence-corrected chi connectivity index (χ4v) is 2.98. The zero-order chi connectivity index (χ0) is 12.4. The number of methoxy groups -OCH3 is 1. The Morgan fingerprint density at radius 3 is 2.56 bits per heavy atom. The molecule has 0 aliphatic rings. The van der Waals surface area contributed by atoms with E-state index in [4.69, 9.17) is 13.9 Å². The molecule has 0 rings (SSSR count). The molecule has 0 radical (unpaired) electrons. The van der Waals surface area contributed by atoms with Crippen LogP contribution in [0.2, 0.25) is 19.1 Å². The van der Waals surface area contributed by atoms with E-state index in [0.29, 0.717) is 19.8 Å². The average Bonchev–Trinajstić information content (AvgIpc) is 2.24. The predicted molar refractivity (Wildman–Crippen MR) is 65.9 cm³/mol. The Hall–Kier alpha value is -0.653. The van der Waals surface area contributed by atoms with Gasteiger partial charge in [-0.15, -0.1) is 0 Å². The van der Waals surface area contributed by atoms with Gasteiger partial charge in [-0.05, 0) is 25.6 Å². The van der Waals surface area contributed by atoms with Gasteiger partial charge >= 0.3 is 5.97 Å². The second kappa shape index (κ2) is 8.49. The maximum absolute atomic E-state index is 10.8. The molecule has 0 spiro atoms. The SMILES string of the molecule is C=CC(=O)OCCC[Si](C)(C)OCCOC. The zero-order valence-electron chi connectivity index (χ0n) is 10.5. The number of hydrogen-bond acceptors (Lipinski definition) is 4. The summed E-state index contributed by atoms with van der Waals surface area (Å²) >= 11 is 0. The summed E-state index contributed by atoms with van der Waals surface area (Å²) in [5.41, 5.74) is 0. The van der Waals surface area contributed by atoms with Crippen LogP contribution in [0.4, 0.5) is 0 Å². The molecule has 0 saturated heterocycles. The van der Waals surface area contributed by atoms with E-state index in [1.54, 1.807) is 7.11 Å². The fraction of sp³-hybridized carbons (Fsp3) is 0.727. The van der Waals surface area contributed by atoms with E-state index < -0.39 is 8.32 Å². The molecule has 0 amide bonds. The molecule has 0 N–H and O–H groups in total. The number of esters is 1. The Balaban J connectivity index is 3.56. The molecule has 0 saturated carbocycles. The molecule has 16 heavy (non-hydrogen) atoms. The van der Waals surface area contributed by atoms with Crippen molar-refractivity contribution >= 4 is 14.3 Å². The molecule has 0 atom stereocenters. The van der Waals surface area contributed by atoms with Gasteiger partial charge in [-0.1, -0.05) is 6.58 Å². The summed E-state index contributed by atoms with van der Waals surface area (Å²) in [6, 6.07) is 0.973.